The van der Waals surface area contributed by atoms with Gasteiger partial charge in [-0.05, 0) is 36.6 Å². The van der Waals surface area contributed by atoms with Crippen LogP contribution in [0, 0.1) is 0 Å². The van der Waals surface area contributed by atoms with E-state index in [1.165, 1.54) is 4.90 Å². The van der Waals surface area contributed by atoms with Crippen LogP contribution >= 0.6 is 0 Å². The highest BCUT2D eigenvalue weighted by molar-refractivity contribution is 7.91. The molecule has 1 aliphatic heterocycles. The number of aliphatic hydroxyl groups excluding tert-OH is 1. The van der Waals surface area contributed by atoms with Crippen molar-refractivity contribution in [1.82, 2.24) is 0 Å². The molecule has 5 nitrogen and oxygen atoms in total. The van der Waals surface area contributed by atoms with E-state index in [1.807, 2.05) is 0 Å². The summed E-state index contributed by atoms with van der Waals surface area (Å²) in [7, 11) is -1.61. The predicted octanol–water partition coefficient (Wildman–Crippen LogP) is 0.362. The zero-order chi connectivity index (χ0) is 13.3. The van der Waals surface area contributed by atoms with Gasteiger partial charge < -0.3 is 10.0 Å². The first kappa shape index (κ1) is 13.0. The van der Waals surface area contributed by atoms with E-state index in [-0.39, 0.29) is 5.75 Å². The summed E-state index contributed by atoms with van der Waals surface area (Å²) < 4.78 is 23.6. The molecule has 0 aliphatic carbocycles. The molecule has 0 saturated heterocycles. The molecule has 98 valence electrons. The number of amides is 1. The molecule has 18 heavy (non-hydrogen) atoms. The number of sulfone groups is 1. The molecule has 2 rings (SSSR count). The second kappa shape index (κ2) is 4.70. The van der Waals surface area contributed by atoms with Gasteiger partial charge in [-0.1, -0.05) is 0 Å². The Hall–Kier alpha value is -1.40. The topological polar surface area (TPSA) is 74.7 Å². The van der Waals surface area contributed by atoms with Gasteiger partial charge >= 0.3 is 0 Å². The van der Waals surface area contributed by atoms with E-state index in [0.29, 0.717) is 23.4 Å². The molecule has 0 spiro atoms. The van der Waals surface area contributed by atoms with Crippen LogP contribution in [0.1, 0.15) is 12.0 Å². The number of likely N-dealkylation sites (N-methyl/N-ethyl adjacent to an activating group) is 1. The van der Waals surface area contributed by atoms with Crippen molar-refractivity contribution in [3.8, 4) is 0 Å². The average molecular weight is 269 g/mol. The lowest BCUT2D eigenvalue weighted by atomic mass is 10.1. The lowest BCUT2D eigenvalue weighted by Gasteiger charge is -2.21. The van der Waals surface area contributed by atoms with Crippen LogP contribution in [0.3, 0.4) is 0 Å². The quantitative estimate of drug-likeness (QED) is 0.841. The van der Waals surface area contributed by atoms with Crippen molar-refractivity contribution in [2.75, 3.05) is 24.3 Å². The minimum absolute atomic E-state index is 0.185. The Balaban J connectivity index is 2.42. The van der Waals surface area contributed by atoms with Gasteiger partial charge in [-0.15, -0.1) is 0 Å². The molecule has 0 aromatic heterocycles. The lowest BCUT2D eigenvalue weighted by molar-refractivity contribution is -0.120. The zero-order valence-corrected chi connectivity index (χ0v) is 10.9. The Morgan fingerprint density at radius 3 is 2.83 bits per heavy atom. The molecule has 1 heterocycles. The average Bonchev–Trinajstić information content (AvgIpc) is 2.36. The SMILES string of the molecule is CN(C(=O)CO)c1ccc2c(c1)CCCS2(=O)=O. The van der Waals surface area contributed by atoms with Gasteiger partial charge in [0, 0.05) is 12.7 Å². The first-order valence-electron chi connectivity index (χ1n) is 5.69. The monoisotopic (exact) mass is 269 g/mol. The molecular formula is C12H15NO4S. The van der Waals surface area contributed by atoms with E-state index in [9.17, 15) is 13.2 Å². The van der Waals surface area contributed by atoms with Gasteiger partial charge in [0.2, 0.25) is 0 Å². The van der Waals surface area contributed by atoms with Crippen molar-refractivity contribution < 1.29 is 18.3 Å². The van der Waals surface area contributed by atoms with Crippen molar-refractivity contribution in [2.24, 2.45) is 0 Å². The number of hydrogen-bond acceptors (Lipinski definition) is 4. The van der Waals surface area contributed by atoms with Crippen LogP contribution < -0.4 is 4.90 Å². The minimum Gasteiger partial charge on any atom is -0.387 e. The van der Waals surface area contributed by atoms with Crippen molar-refractivity contribution in [2.45, 2.75) is 17.7 Å². The maximum Gasteiger partial charge on any atom is 0.252 e. The van der Waals surface area contributed by atoms with Gasteiger partial charge in [-0.2, -0.15) is 0 Å². The third kappa shape index (κ3) is 2.26. The molecule has 0 atom stereocenters. The fourth-order valence-electron chi connectivity index (χ4n) is 2.09. The molecule has 1 aromatic carbocycles. The van der Waals surface area contributed by atoms with Crippen LogP contribution in [0.15, 0.2) is 23.1 Å². The number of benzene rings is 1. The number of nitrogens with zero attached hydrogens (tertiary/aromatic N) is 1. The minimum atomic E-state index is -3.16. The Labute approximate surface area is 106 Å². The Bertz CT molecular complexity index is 580. The van der Waals surface area contributed by atoms with E-state index in [1.54, 1.807) is 25.2 Å². The van der Waals surface area contributed by atoms with Gasteiger partial charge in [0.25, 0.3) is 5.91 Å². The van der Waals surface area contributed by atoms with E-state index >= 15 is 0 Å². The number of aliphatic hydroxyl groups is 1. The van der Waals surface area contributed by atoms with Crippen LogP contribution in [0.4, 0.5) is 5.69 Å². The van der Waals surface area contributed by atoms with E-state index in [4.69, 9.17) is 5.11 Å². The number of anilines is 1. The van der Waals surface area contributed by atoms with Gasteiger partial charge in [0.05, 0.1) is 10.6 Å². The third-order valence-corrected chi connectivity index (χ3v) is 5.03. The van der Waals surface area contributed by atoms with Gasteiger partial charge in [0.15, 0.2) is 9.84 Å². The Kier molecular flexibility index (Phi) is 3.41. The largest absolute Gasteiger partial charge is 0.387 e. The zero-order valence-electron chi connectivity index (χ0n) is 10.1. The maximum atomic E-state index is 11.8. The Morgan fingerprint density at radius 1 is 1.44 bits per heavy atom. The molecule has 1 N–H and O–H groups in total. The molecular weight excluding hydrogens is 254 g/mol. The van der Waals surface area contributed by atoms with Gasteiger partial charge in [-0.25, -0.2) is 8.42 Å². The molecule has 0 bridgehead atoms. The maximum absolute atomic E-state index is 11.8. The molecule has 0 unspecified atom stereocenters. The molecule has 6 heteroatoms. The number of rotatable bonds is 2. The standard InChI is InChI=1S/C12H15NO4S/c1-13(12(15)8-14)10-4-5-11-9(7-10)3-2-6-18(11,16)17/h4-5,7,14H,2-3,6,8H2,1H3. The summed E-state index contributed by atoms with van der Waals surface area (Å²) in [5.74, 6) is -0.237. The Morgan fingerprint density at radius 2 is 2.17 bits per heavy atom. The molecule has 0 saturated carbocycles. The fraction of sp³-hybridized carbons (Fsp3) is 0.417. The first-order chi connectivity index (χ1) is 8.45. The van der Waals surface area contributed by atoms with Gasteiger partial charge in [0.1, 0.15) is 6.61 Å². The molecule has 0 fully saturated rings. The highest BCUT2D eigenvalue weighted by Gasteiger charge is 2.24. The summed E-state index contributed by atoms with van der Waals surface area (Å²) in [6.07, 6.45) is 1.31. The summed E-state index contributed by atoms with van der Waals surface area (Å²) in [4.78, 5) is 13.0. The van der Waals surface area contributed by atoms with Crippen molar-refractivity contribution in [3.63, 3.8) is 0 Å². The summed E-state index contributed by atoms with van der Waals surface area (Å²) >= 11 is 0. The molecule has 1 aliphatic rings. The molecule has 0 radical (unpaired) electrons. The number of hydrogen-bond donors (Lipinski definition) is 1. The second-order valence-electron chi connectivity index (χ2n) is 4.33. The lowest BCUT2D eigenvalue weighted by Crippen LogP contribution is -2.29. The highest BCUT2D eigenvalue weighted by Crippen LogP contribution is 2.28. The van der Waals surface area contributed by atoms with Crippen LogP contribution in [0.25, 0.3) is 0 Å². The predicted molar refractivity (Wildman–Crippen MR) is 67.3 cm³/mol. The van der Waals surface area contributed by atoms with Crippen LogP contribution in [-0.2, 0) is 21.1 Å². The smallest absolute Gasteiger partial charge is 0.252 e. The third-order valence-electron chi connectivity index (χ3n) is 3.13. The summed E-state index contributed by atoms with van der Waals surface area (Å²) in [5.41, 5.74) is 1.35. The van der Waals surface area contributed by atoms with E-state index < -0.39 is 22.4 Å². The summed E-state index contributed by atoms with van der Waals surface area (Å²) in [5, 5.41) is 8.80. The normalized spacial score (nSPS) is 17.0. The van der Waals surface area contributed by atoms with Crippen LogP contribution in [-0.4, -0.2) is 38.8 Å². The second-order valence-corrected chi connectivity index (χ2v) is 6.40. The first-order valence-corrected chi connectivity index (χ1v) is 7.34. The van der Waals surface area contributed by atoms with Gasteiger partial charge in [-0.3, -0.25) is 4.79 Å². The van der Waals surface area contributed by atoms with Crippen LogP contribution in [0.5, 0.6) is 0 Å². The van der Waals surface area contributed by atoms with Crippen LogP contribution in [0.2, 0.25) is 0 Å². The number of aryl methyl sites for hydroxylation is 1. The number of carbonyl (C=O) groups is 1. The van der Waals surface area contributed by atoms with Crippen molar-refractivity contribution in [1.29, 1.82) is 0 Å². The molecule has 1 aromatic rings. The van der Waals surface area contributed by atoms with Crippen molar-refractivity contribution in [3.05, 3.63) is 23.8 Å². The van der Waals surface area contributed by atoms with E-state index in [2.05, 4.69) is 0 Å². The van der Waals surface area contributed by atoms with Crippen molar-refractivity contribution >= 4 is 21.4 Å². The number of fused-ring (bicyclic) bond motifs is 1. The number of carbonyl (C=O) groups excluding carboxylic acids is 1. The molecule has 1 amide bonds. The fourth-order valence-corrected chi connectivity index (χ4v) is 3.67. The summed E-state index contributed by atoms with van der Waals surface area (Å²) in [6, 6.07) is 4.84. The summed E-state index contributed by atoms with van der Waals surface area (Å²) in [6.45, 7) is -0.564. The highest BCUT2D eigenvalue weighted by atomic mass is 32.2. The van der Waals surface area contributed by atoms with E-state index in [0.717, 1.165) is 5.56 Å².